The van der Waals surface area contributed by atoms with E-state index < -0.39 is 5.97 Å². The zero-order chi connectivity index (χ0) is 19.2. The minimum Gasteiger partial charge on any atom is -0.494 e. The summed E-state index contributed by atoms with van der Waals surface area (Å²) in [5.41, 5.74) is 2.02. The fraction of sp³-hybridized carbons (Fsp3) is 0.429. The molecule has 0 amide bonds. The highest BCUT2D eigenvalue weighted by Gasteiger charge is 2.31. The number of nitrogens with zero attached hydrogens (tertiary/aromatic N) is 2. The highest BCUT2D eigenvalue weighted by atomic mass is 35.5. The van der Waals surface area contributed by atoms with Crippen LogP contribution in [0.4, 0.5) is 0 Å². The Morgan fingerprint density at radius 1 is 1.33 bits per heavy atom. The molecule has 1 aromatic heterocycles. The Morgan fingerprint density at radius 2 is 2.11 bits per heavy atom. The maximum atomic E-state index is 11.3. The Kier molecular flexibility index (Phi) is 6.69. The summed E-state index contributed by atoms with van der Waals surface area (Å²) in [7, 11) is 0. The van der Waals surface area contributed by atoms with E-state index in [1.807, 2.05) is 43.3 Å². The first-order valence-electron chi connectivity index (χ1n) is 9.37. The van der Waals surface area contributed by atoms with E-state index in [9.17, 15) is 9.90 Å². The Morgan fingerprint density at radius 3 is 2.74 bits per heavy atom. The molecular formula is C21H25ClN2O3. The third-order valence-electron chi connectivity index (χ3n) is 5.08. The van der Waals surface area contributed by atoms with Crippen LogP contribution >= 0.6 is 11.6 Å². The van der Waals surface area contributed by atoms with Gasteiger partial charge in [-0.15, -0.1) is 0 Å². The molecule has 0 aliphatic carbocycles. The summed E-state index contributed by atoms with van der Waals surface area (Å²) in [4.78, 5) is 18.1. The van der Waals surface area contributed by atoms with E-state index in [0.717, 1.165) is 36.5 Å². The molecule has 1 N–H and O–H groups in total. The molecule has 1 unspecified atom stereocenters. The molecule has 144 valence electrons. The maximum Gasteiger partial charge on any atom is 0.306 e. The van der Waals surface area contributed by atoms with Crippen LogP contribution in [0.15, 0.2) is 42.6 Å². The van der Waals surface area contributed by atoms with Crippen LogP contribution in [0.2, 0.25) is 5.02 Å². The molecule has 2 heterocycles. The lowest BCUT2D eigenvalue weighted by atomic mass is 9.92. The number of benzene rings is 1. The van der Waals surface area contributed by atoms with Gasteiger partial charge in [-0.3, -0.25) is 14.7 Å². The van der Waals surface area contributed by atoms with Crippen molar-refractivity contribution in [2.75, 3.05) is 19.7 Å². The van der Waals surface area contributed by atoms with E-state index in [0.29, 0.717) is 24.5 Å². The number of hydrogen-bond acceptors (Lipinski definition) is 4. The molecule has 0 spiro atoms. The number of aromatic nitrogens is 1. The van der Waals surface area contributed by atoms with Crippen LogP contribution in [-0.4, -0.2) is 40.7 Å². The number of piperidine rings is 1. The first-order chi connectivity index (χ1) is 13.1. The van der Waals surface area contributed by atoms with Crippen LogP contribution in [0.25, 0.3) is 0 Å². The number of halogens is 1. The smallest absolute Gasteiger partial charge is 0.306 e. The SMILES string of the molecule is CCOc1ccc(Cl)cc1C(Cc1ccccn1)N1CCC(C(=O)O)CC1. The first-order valence-corrected chi connectivity index (χ1v) is 9.75. The van der Waals surface area contributed by atoms with Gasteiger partial charge in [0.1, 0.15) is 5.75 Å². The average molecular weight is 389 g/mol. The van der Waals surface area contributed by atoms with Gasteiger partial charge in [-0.05, 0) is 63.2 Å². The summed E-state index contributed by atoms with van der Waals surface area (Å²) in [6.07, 6.45) is 3.82. The fourth-order valence-electron chi connectivity index (χ4n) is 3.68. The van der Waals surface area contributed by atoms with E-state index in [1.54, 1.807) is 6.20 Å². The van der Waals surface area contributed by atoms with Crippen LogP contribution in [0.5, 0.6) is 5.75 Å². The van der Waals surface area contributed by atoms with Crippen molar-refractivity contribution in [2.45, 2.75) is 32.2 Å². The van der Waals surface area contributed by atoms with Crippen LogP contribution < -0.4 is 4.74 Å². The molecule has 1 aliphatic rings. The first kappa shape index (κ1) is 19.6. The van der Waals surface area contributed by atoms with E-state index in [4.69, 9.17) is 16.3 Å². The predicted molar refractivity (Wildman–Crippen MR) is 105 cm³/mol. The maximum absolute atomic E-state index is 11.3. The van der Waals surface area contributed by atoms with Crippen molar-refractivity contribution >= 4 is 17.6 Å². The van der Waals surface area contributed by atoms with Crippen molar-refractivity contribution in [3.8, 4) is 5.75 Å². The monoisotopic (exact) mass is 388 g/mol. The summed E-state index contributed by atoms with van der Waals surface area (Å²) < 4.78 is 5.86. The number of likely N-dealkylation sites (tertiary alicyclic amines) is 1. The van der Waals surface area contributed by atoms with Gasteiger partial charge in [0.2, 0.25) is 0 Å². The van der Waals surface area contributed by atoms with Gasteiger partial charge >= 0.3 is 5.97 Å². The highest BCUT2D eigenvalue weighted by molar-refractivity contribution is 6.30. The molecule has 2 aromatic rings. The van der Waals surface area contributed by atoms with E-state index in [-0.39, 0.29) is 12.0 Å². The number of pyridine rings is 1. The van der Waals surface area contributed by atoms with Gasteiger partial charge in [0.15, 0.2) is 0 Å². The van der Waals surface area contributed by atoms with Gasteiger partial charge in [0.05, 0.1) is 12.5 Å². The largest absolute Gasteiger partial charge is 0.494 e. The third kappa shape index (κ3) is 4.99. The molecular weight excluding hydrogens is 364 g/mol. The van der Waals surface area contributed by atoms with Gasteiger partial charge in [-0.1, -0.05) is 17.7 Å². The molecule has 0 bridgehead atoms. The third-order valence-corrected chi connectivity index (χ3v) is 5.31. The normalized spacial score (nSPS) is 16.8. The quantitative estimate of drug-likeness (QED) is 0.769. The van der Waals surface area contributed by atoms with Gasteiger partial charge < -0.3 is 9.84 Å². The van der Waals surface area contributed by atoms with Crippen molar-refractivity contribution in [1.29, 1.82) is 0 Å². The van der Waals surface area contributed by atoms with E-state index in [1.165, 1.54) is 0 Å². The van der Waals surface area contributed by atoms with Crippen LogP contribution in [0, 0.1) is 5.92 Å². The second-order valence-corrected chi connectivity index (χ2v) is 7.24. The fourth-order valence-corrected chi connectivity index (χ4v) is 3.86. The lowest BCUT2D eigenvalue weighted by molar-refractivity contribution is -0.143. The molecule has 0 saturated carbocycles. The molecule has 1 aliphatic heterocycles. The summed E-state index contributed by atoms with van der Waals surface area (Å²) in [6.45, 7) is 4.00. The summed E-state index contributed by atoms with van der Waals surface area (Å²) in [5.74, 6) is -0.139. The van der Waals surface area contributed by atoms with Crippen molar-refractivity contribution in [2.24, 2.45) is 5.92 Å². The van der Waals surface area contributed by atoms with Crippen molar-refractivity contribution in [3.05, 3.63) is 58.9 Å². The average Bonchev–Trinajstić information content (AvgIpc) is 2.69. The van der Waals surface area contributed by atoms with Gasteiger partial charge in [0, 0.05) is 34.9 Å². The Balaban J connectivity index is 1.91. The second kappa shape index (κ2) is 9.20. The zero-order valence-electron chi connectivity index (χ0n) is 15.5. The number of aliphatic carboxylic acids is 1. The van der Waals surface area contributed by atoms with Crippen LogP contribution in [-0.2, 0) is 11.2 Å². The molecule has 1 atom stereocenters. The summed E-state index contributed by atoms with van der Waals surface area (Å²) in [5, 5.41) is 9.97. The van der Waals surface area contributed by atoms with Gasteiger partial charge in [-0.25, -0.2) is 0 Å². The molecule has 6 heteroatoms. The number of carboxylic acids is 1. The van der Waals surface area contributed by atoms with Crippen molar-refractivity contribution in [1.82, 2.24) is 9.88 Å². The molecule has 3 rings (SSSR count). The minimum absolute atomic E-state index is 0.0369. The van der Waals surface area contributed by atoms with Gasteiger partial charge in [0.25, 0.3) is 0 Å². The van der Waals surface area contributed by atoms with E-state index >= 15 is 0 Å². The number of rotatable bonds is 7. The molecule has 1 fully saturated rings. The molecule has 5 nitrogen and oxygen atoms in total. The lowest BCUT2D eigenvalue weighted by Crippen LogP contribution is -2.39. The molecule has 1 saturated heterocycles. The Hall–Kier alpha value is -2.11. The second-order valence-electron chi connectivity index (χ2n) is 6.80. The summed E-state index contributed by atoms with van der Waals surface area (Å²) >= 11 is 6.30. The van der Waals surface area contributed by atoms with Crippen molar-refractivity contribution < 1.29 is 14.6 Å². The van der Waals surface area contributed by atoms with Crippen molar-refractivity contribution in [3.63, 3.8) is 0 Å². The van der Waals surface area contributed by atoms with Gasteiger partial charge in [-0.2, -0.15) is 0 Å². The van der Waals surface area contributed by atoms with Crippen LogP contribution in [0.3, 0.4) is 0 Å². The molecule has 1 aromatic carbocycles. The number of hydrogen-bond donors (Lipinski definition) is 1. The summed E-state index contributed by atoms with van der Waals surface area (Å²) in [6, 6.07) is 11.7. The molecule has 0 radical (unpaired) electrons. The number of carboxylic acid groups (broad SMARTS) is 1. The highest BCUT2D eigenvalue weighted by Crippen LogP contribution is 2.36. The topological polar surface area (TPSA) is 62.7 Å². The predicted octanol–water partition coefficient (Wildman–Crippen LogP) is 4.21. The zero-order valence-corrected chi connectivity index (χ0v) is 16.2. The number of carbonyl (C=O) groups is 1. The Bertz CT molecular complexity index is 761. The van der Waals surface area contributed by atoms with Crippen LogP contribution in [0.1, 0.15) is 37.1 Å². The molecule has 27 heavy (non-hydrogen) atoms. The standard InChI is InChI=1S/C21H25ClN2O3/c1-2-27-20-7-6-16(22)13-18(20)19(14-17-5-3-4-10-23-17)24-11-8-15(9-12-24)21(25)26/h3-7,10,13,15,19H,2,8-9,11-12,14H2,1H3,(H,25,26). The minimum atomic E-state index is -0.700. The van der Waals surface area contributed by atoms with E-state index in [2.05, 4.69) is 9.88 Å². The number of ether oxygens (including phenoxy) is 1. The Labute approximate surface area is 164 Å². The lowest BCUT2D eigenvalue weighted by Gasteiger charge is -2.37.